The van der Waals surface area contributed by atoms with E-state index in [0.717, 1.165) is 11.3 Å². The van der Waals surface area contributed by atoms with E-state index in [4.69, 9.17) is 9.47 Å². The number of hydrogen-bond donors (Lipinski definition) is 0. The fraction of sp³-hybridized carbons (Fsp3) is 0.533. The average molecular weight is 265 g/mol. The number of ether oxygens (including phenoxy) is 2. The Balaban J connectivity index is 3.07. The van der Waals surface area contributed by atoms with Crippen molar-refractivity contribution in [1.82, 2.24) is 4.90 Å². The van der Waals surface area contributed by atoms with Crippen LogP contribution in [0.2, 0.25) is 0 Å². The van der Waals surface area contributed by atoms with E-state index in [1.807, 2.05) is 57.1 Å². The fourth-order valence-electron chi connectivity index (χ4n) is 1.97. The number of esters is 1. The number of benzene rings is 1. The lowest BCUT2D eigenvalue weighted by molar-refractivity contribution is -0.146. The molecule has 1 aromatic carbocycles. The van der Waals surface area contributed by atoms with E-state index in [0.29, 0.717) is 13.0 Å². The fourth-order valence-corrected chi connectivity index (χ4v) is 1.97. The van der Waals surface area contributed by atoms with Gasteiger partial charge in [-0.15, -0.1) is 0 Å². The second-order valence-electron chi connectivity index (χ2n) is 4.88. The smallest absolute Gasteiger partial charge is 0.307 e. The molecule has 0 amide bonds. The molecule has 0 saturated heterocycles. The molecule has 1 aromatic rings. The van der Waals surface area contributed by atoms with Crippen molar-refractivity contribution < 1.29 is 14.3 Å². The van der Waals surface area contributed by atoms with Crippen molar-refractivity contribution in [2.75, 3.05) is 27.8 Å². The standard InChI is InChI=1S/C15H23NO3/c1-6-19-14(17)11-15(2,16(3)4)12-8-7-9-13(10-12)18-5/h7-10H,6,11H2,1-5H3. The molecule has 0 saturated carbocycles. The average Bonchev–Trinajstić information content (AvgIpc) is 2.38. The first-order valence-corrected chi connectivity index (χ1v) is 6.41. The van der Waals surface area contributed by atoms with Crippen molar-refractivity contribution in [3.63, 3.8) is 0 Å². The Morgan fingerprint density at radius 1 is 1.37 bits per heavy atom. The van der Waals surface area contributed by atoms with Gasteiger partial charge >= 0.3 is 5.97 Å². The van der Waals surface area contributed by atoms with Crippen molar-refractivity contribution in [1.29, 1.82) is 0 Å². The highest BCUT2D eigenvalue weighted by Gasteiger charge is 2.32. The Morgan fingerprint density at radius 2 is 2.05 bits per heavy atom. The van der Waals surface area contributed by atoms with Crippen LogP contribution in [-0.2, 0) is 15.1 Å². The quantitative estimate of drug-likeness (QED) is 0.740. The number of hydrogen-bond acceptors (Lipinski definition) is 4. The van der Waals surface area contributed by atoms with E-state index in [1.165, 1.54) is 0 Å². The molecule has 0 aliphatic carbocycles. The molecule has 1 unspecified atom stereocenters. The summed E-state index contributed by atoms with van der Waals surface area (Å²) in [5.74, 6) is 0.593. The zero-order chi connectivity index (χ0) is 14.5. The Labute approximate surface area is 115 Å². The van der Waals surface area contributed by atoms with Crippen molar-refractivity contribution in [2.24, 2.45) is 0 Å². The molecule has 0 aliphatic rings. The van der Waals surface area contributed by atoms with Gasteiger partial charge in [0, 0.05) is 0 Å². The molecule has 0 fully saturated rings. The third-order valence-electron chi connectivity index (χ3n) is 3.47. The molecule has 0 aromatic heterocycles. The van der Waals surface area contributed by atoms with Crippen LogP contribution >= 0.6 is 0 Å². The number of carbonyl (C=O) groups excluding carboxylic acids is 1. The first kappa shape index (κ1) is 15.5. The maximum atomic E-state index is 11.8. The zero-order valence-corrected chi connectivity index (χ0v) is 12.4. The lowest BCUT2D eigenvalue weighted by atomic mass is 9.87. The van der Waals surface area contributed by atoms with Crippen LogP contribution in [-0.4, -0.2) is 38.7 Å². The topological polar surface area (TPSA) is 38.8 Å². The molecule has 1 atom stereocenters. The van der Waals surface area contributed by atoms with E-state index < -0.39 is 5.54 Å². The predicted octanol–water partition coefficient (Wildman–Crippen LogP) is 2.43. The molecule has 4 heteroatoms. The largest absolute Gasteiger partial charge is 0.497 e. The second kappa shape index (κ2) is 6.57. The summed E-state index contributed by atoms with van der Waals surface area (Å²) in [5, 5.41) is 0. The predicted molar refractivity (Wildman–Crippen MR) is 75.3 cm³/mol. The Morgan fingerprint density at radius 3 is 2.58 bits per heavy atom. The molecule has 0 spiro atoms. The highest BCUT2D eigenvalue weighted by Crippen LogP contribution is 2.32. The van der Waals surface area contributed by atoms with Crippen LogP contribution in [0.3, 0.4) is 0 Å². The third-order valence-corrected chi connectivity index (χ3v) is 3.47. The molecule has 19 heavy (non-hydrogen) atoms. The summed E-state index contributed by atoms with van der Waals surface area (Å²) in [6, 6.07) is 7.78. The van der Waals surface area contributed by atoms with Gasteiger partial charge in [-0.1, -0.05) is 12.1 Å². The van der Waals surface area contributed by atoms with E-state index >= 15 is 0 Å². The molecule has 0 radical (unpaired) electrons. The summed E-state index contributed by atoms with van der Waals surface area (Å²) in [6.07, 6.45) is 0.307. The van der Waals surface area contributed by atoms with Gasteiger partial charge in [0.05, 0.1) is 25.7 Å². The molecule has 0 bridgehead atoms. The second-order valence-corrected chi connectivity index (χ2v) is 4.88. The van der Waals surface area contributed by atoms with Crippen LogP contribution < -0.4 is 4.74 Å². The molecule has 0 heterocycles. The normalized spacial score (nSPS) is 14.0. The molecule has 1 rings (SSSR count). The van der Waals surface area contributed by atoms with Gasteiger partial charge in [0.1, 0.15) is 5.75 Å². The minimum atomic E-state index is -0.416. The first-order chi connectivity index (χ1) is 8.93. The number of methoxy groups -OCH3 is 1. The Bertz CT molecular complexity index is 431. The molecular weight excluding hydrogens is 242 g/mol. The SMILES string of the molecule is CCOC(=O)CC(C)(c1cccc(OC)c1)N(C)C. The maximum Gasteiger partial charge on any atom is 0.307 e. The van der Waals surface area contributed by atoms with Crippen LogP contribution in [0.1, 0.15) is 25.8 Å². The van der Waals surface area contributed by atoms with Gasteiger partial charge in [-0.05, 0) is 45.6 Å². The maximum absolute atomic E-state index is 11.8. The minimum Gasteiger partial charge on any atom is -0.497 e. The number of rotatable bonds is 6. The Kier molecular flexibility index (Phi) is 5.36. The third kappa shape index (κ3) is 3.70. The van der Waals surface area contributed by atoms with Crippen molar-refractivity contribution in [3.05, 3.63) is 29.8 Å². The summed E-state index contributed by atoms with van der Waals surface area (Å²) in [4.78, 5) is 13.8. The highest BCUT2D eigenvalue weighted by atomic mass is 16.5. The van der Waals surface area contributed by atoms with Gasteiger partial charge in [0.2, 0.25) is 0 Å². The number of nitrogens with zero attached hydrogens (tertiary/aromatic N) is 1. The molecule has 0 N–H and O–H groups in total. The van der Waals surface area contributed by atoms with Gasteiger partial charge < -0.3 is 9.47 Å². The molecular formula is C15H23NO3. The van der Waals surface area contributed by atoms with E-state index in [1.54, 1.807) is 7.11 Å². The molecule has 4 nitrogen and oxygen atoms in total. The summed E-state index contributed by atoms with van der Waals surface area (Å²) in [7, 11) is 5.55. The summed E-state index contributed by atoms with van der Waals surface area (Å²) >= 11 is 0. The van der Waals surface area contributed by atoms with Gasteiger partial charge in [-0.2, -0.15) is 0 Å². The number of carbonyl (C=O) groups is 1. The van der Waals surface area contributed by atoms with Crippen LogP contribution in [0, 0.1) is 0 Å². The van der Waals surface area contributed by atoms with Crippen LogP contribution in [0.15, 0.2) is 24.3 Å². The van der Waals surface area contributed by atoms with Gasteiger partial charge in [0.15, 0.2) is 0 Å². The van der Waals surface area contributed by atoms with E-state index in [-0.39, 0.29) is 5.97 Å². The van der Waals surface area contributed by atoms with Crippen molar-refractivity contribution >= 4 is 5.97 Å². The lowest BCUT2D eigenvalue weighted by Crippen LogP contribution is -2.40. The van der Waals surface area contributed by atoms with Crippen LogP contribution in [0.25, 0.3) is 0 Å². The van der Waals surface area contributed by atoms with Gasteiger partial charge in [-0.3, -0.25) is 9.69 Å². The molecule has 106 valence electrons. The summed E-state index contributed by atoms with van der Waals surface area (Å²) in [5.41, 5.74) is 0.616. The van der Waals surface area contributed by atoms with E-state index in [9.17, 15) is 4.79 Å². The Hall–Kier alpha value is -1.55. The highest BCUT2D eigenvalue weighted by molar-refractivity contribution is 5.71. The van der Waals surface area contributed by atoms with Gasteiger partial charge in [-0.25, -0.2) is 0 Å². The monoisotopic (exact) mass is 265 g/mol. The summed E-state index contributed by atoms with van der Waals surface area (Å²) in [6.45, 7) is 4.25. The van der Waals surface area contributed by atoms with Crippen molar-refractivity contribution in [2.45, 2.75) is 25.8 Å². The van der Waals surface area contributed by atoms with Crippen LogP contribution in [0.4, 0.5) is 0 Å². The summed E-state index contributed by atoms with van der Waals surface area (Å²) < 4.78 is 10.3. The van der Waals surface area contributed by atoms with E-state index in [2.05, 4.69) is 0 Å². The minimum absolute atomic E-state index is 0.193. The first-order valence-electron chi connectivity index (χ1n) is 6.41. The lowest BCUT2D eigenvalue weighted by Gasteiger charge is -2.36. The molecule has 0 aliphatic heterocycles. The van der Waals surface area contributed by atoms with Crippen LogP contribution in [0.5, 0.6) is 5.75 Å². The van der Waals surface area contributed by atoms with Gasteiger partial charge in [0.25, 0.3) is 0 Å². The zero-order valence-electron chi connectivity index (χ0n) is 12.4. The van der Waals surface area contributed by atoms with Crippen molar-refractivity contribution in [3.8, 4) is 5.75 Å².